The number of rotatable bonds is 4. The van der Waals surface area contributed by atoms with Gasteiger partial charge < -0.3 is 10.6 Å². The summed E-state index contributed by atoms with van der Waals surface area (Å²) in [5.41, 5.74) is 1.28. The van der Waals surface area contributed by atoms with Gasteiger partial charge in [-0.2, -0.15) is 5.10 Å². The Morgan fingerprint density at radius 1 is 1.30 bits per heavy atom. The summed E-state index contributed by atoms with van der Waals surface area (Å²) in [6.07, 6.45) is 0. The lowest BCUT2D eigenvalue weighted by atomic mass is 10.2. The lowest BCUT2D eigenvalue weighted by Crippen LogP contribution is -2.32. The minimum atomic E-state index is -0.348. The number of aryl methyl sites for hydroxylation is 1. The molecule has 20 heavy (non-hydrogen) atoms. The molecule has 0 aliphatic heterocycles. The van der Waals surface area contributed by atoms with Crippen LogP contribution in [0.25, 0.3) is 0 Å². The highest BCUT2D eigenvalue weighted by Gasteiger charge is 2.09. The molecule has 2 aromatic rings. The van der Waals surface area contributed by atoms with Crippen molar-refractivity contribution in [2.75, 3.05) is 11.9 Å². The number of hydrogen-bond donors (Lipinski definition) is 3. The van der Waals surface area contributed by atoms with E-state index < -0.39 is 0 Å². The van der Waals surface area contributed by atoms with E-state index in [0.29, 0.717) is 16.4 Å². The molecular weight excluding hydrogens is 280 g/mol. The summed E-state index contributed by atoms with van der Waals surface area (Å²) in [6, 6.07) is 8.10. The van der Waals surface area contributed by atoms with Gasteiger partial charge in [-0.05, 0) is 31.2 Å². The molecule has 0 spiro atoms. The van der Waals surface area contributed by atoms with E-state index in [-0.39, 0.29) is 18.4 Å². The highest BCUT2D eigenvalue weighted by atomic mass is 35.5. The Hall–Kier alpha value is -2.34. The molecule has 1 aromatic heterocycles. The zero-order chi connectivity index (χ0) is 14.5. The van der Waals surface area contributed by atoms with Crippen molar-refractivity contribution >= 4 is 29.2 Å². The van der Waals surface area contributed by atoms with Gasteiger partial charge in [-0.25, -0.2) is 0 Å². The molecule has 104 valence electrons. The average Bonchev–Trinajstić information content (AvgIpc) is 2.82. The Labute approximate surface area is 120 Å². The van der Waals surface area contributed by atoms with E-state index in [9.17, 15) is 9.59 Å². The molecule has 0 fully saturated rings. The number of aromatic nitrogens is 2. The van der Waals surface area contributed by atoms with Gasteiger partial charge in [0, 0.05) is 22.3 Å². The number of carbonyl (C=O) groups excluding carboxylic acids is 2. The predicted molar refractivity (Wildman–Crippen MR) is 75.7 cm³/mol. The van der Waals surface area contributed by atoms with Crippen LogP contribution in [0.5, 0.6) is 0 Å². The maximum absolute atomic E-state index is 11.8. The highest BCUT2D eigenvalue weighted by Crippen LogP contribution is 2.09. The molecule has 0 saturated heterocycles. The smallest absolute Gasteiger partial charge is 0.251 e. The van der Waals surface area contributed by atoms with Crippen molar-refractivity contribution in [3.63, 3.8) is 0 Å². The van der Waals surface area contributed by atoms with Crippen LogP contribution in [-0.2, 0) is 4.79 Å². The Balaban J connectivity index is 1.84. The topological polar surface area (TPSA) is 86.9 Å². The van der Waals surface area contributed by atoms with Crippen LogP contribution < -0.4 is 10.6 Å². The van der Waals surface area contributed by atoms with Crippen LogP contribution >= 0.6 is 11.6 Å². The van der Waals surface area contributed by atoms with E-state index in [2.05, 4.69) is 20.8 Å². The fourth-order valence-electron chi connectivity index (χ4n) is 1.53. The molecular formula is C13H13ClN4O2. The van der Waals surface area contributed by atoms with E-state index in [0.717, 1.165) is 5.69 Å². The zero-order valence-corrected chi connectivity index (χ0v) is 11.5. The third-order valence-electron chi connectivity index (χ3n) is 2.49. The normalized spacial score (nSPS) is 10.1. The first-order valence-corrected chi connectivity index (χ1v) is 6.28. The predicted octanol–water partition coefficient (Wildman–Crippen LogP) is 1.74. The van der Waals surface area contributed by atoms with Gasteiger partial charge in [0.1, 0.15) is 0 Å². The summed E-state index contributed by atoms with van der Waals surface area (Å²) < 4.78 is 0. The number of amides is 2. The van der Waals surface area contributed by atoms with Gasteiger partial charge in [0.25, 0.3) is 5.91 Å². The molecule has 0 unspecified atom stereocenters. The van der Waals surface area contributed by atoms with Crippen LogP contribution in [0.2, 0.25) is 5.02 Å². The molecule has 1 aromatic carbocycles. The standard InChI is InChI=1S/C13H13ClN4O2/c1-8-6-11(18-17-8)16-12(19)7-15-13(20)9-2-4-10(14)5-3-9/h2-6H,7H2,1H3,(H,15,20)(H2,16,17,18,19). The summed E-state index contributed by atoms with van der Waals surface area (Å²) in [7, 11) is 0. The molecule has 1 heterocycles. The van der Waals surface area contributed by atoms with Crippen molar-refractivity contribution in [2.45, 2.75) is 6.92 Å². The quantitative estimate of drug-likeness (QED) is 0.802. The van der Waals surface area contributed by atoms with Crippen LogP contribution in [0, 0.1) is 6.92 Å². The summed E-state index contributed by atoms with van der Waals surface area (Å²) in [5, 5.41) is 12.2. The van der Waals surface area contributed by atoms with Gasteiger partial charge in [-0.15, -0.1) is 0 Å². The van der Waals surface area contributed by atoms with Crippen molar-refractivity contribution in [1.82, 2.24) is 15.5 Å². The van der Waals surface area contributed by atoms with E-state index in [4.69, 9.17) is 11.6 Å². The second-order valence-corrected chi connectivity index (χ2v) is 4.61. The molecule has 0 aliphatic rings. The van der Waals surface area contributed by atoms with E-state index in [1.54, 1.807) is 30.3 Å². The van der Waals surface area contributed by atoms with Crippen molar-refractivity contribution in [1.29, 1.82) is 0 Å². The average molecular weight is 293 g/mol. The molecule has 3 N–H and O–H groups in total. The summed E-state index contributed by atoms with van der Waals surface area (Å²) in [6.45, 7) is 1.69. The lowest BCUT2D eigenvalue weighted by Gasteiger charge is -2.05. The molecule has 2 rings (SSSR count). The first-order chi connectivity index (χ1) is 9.54. The number of nitrogens with one attached hydrogen (secondary N) is 3. The molecule has 6 nitrogen and oxygen atoms in total. The summed E-state index contributed by atoms with van der Waals surface area (Å²) >= 11 is 5.73. The minimum absolute atomic E-state index is 0.132. The van der Waals surface area contributed by atoms with Gasteiger partial charge in [0.15, 0.2) is 5.82 Å². The number of carbonyl (C=O) groups is 2. The number of hydrogen-bond acceptors (Lipinski definition) is 3. The minimum Gasteiger partial charge on any atom is -0.343 e. The van der Waals surface area contributed by atoms with Gasteiger partial charge in [-0.1, -0.05) is 11.6 Å². The third kappa shape index (κ3) is 3.83. The largest absolute Gasteiger partial charge is 0.343 e. The number of benzene rings is 1. The van der Waals surface area contributed by atoms with E-state index >= 15 is 0 Å². The van der Waals surface area contributed by atoms with Crippen molar-refractivity contribution in [3.8, 4) is 0 Å². The van der Waals surface area contributed by atoms with Crippen LogP contribution in [0.15, 0.2) is 30.3 Å². The van der Waals surface area contributed by atoms with Crippen molar-refractivity contribution in [3.05, 3.63) is 46.6 Å². The zero-order valence-electron chi connectivity index (χ0n) is 10.7. The van der Waals surface area contributed by atoms with Crippen LogP contribution in [0.3, 0.4) is 0 Å². The summed E-state index contributed by atoms with van der Waals surface area (Å²) in [5.74, 6) is -0.262. The summed E-state index contributed by atoms with van der Waals surface area (Å²) in [4.78, 5) is 23.4. The van der Waals surface area contributed by atoms with E-state index in [1.165, 1.54) is 0 Å². The first-order valence-electron chi connectivity index (χ1n) is 5.90. The number of H-pyrrole nitrogens is 1. The Morgan fingerprint density at radius 2 is 2.00 bits per heavy atom. The lowest BCUT2D eigenvalue weighted by molar-refractivity contribution is -0.115. The van der Waals surface area contributed by atoms with Crippen LogP contribution in [0.4, 0.5) is 5.82 Å². The second kappa shape index (κ2) is 6.21. The molecule has 0 atom stereocenters. The molecule has 2 amide bonds. The fourth-order valence-corrected chi connectivity index (χ4v) is 1.66. The SMILES string of the molecule is Cc1cc(NC(=O)CNC(=O)c2ccc(Cl)cc2)n[nH]1. The monoisotopic (exact) mass is 292 g/mol. The Kier molecular flexibility index (Phi) is 4.37. The molecule has 0 radical (unpaired) electrons. The van der Waals surface area contributed by atoms with Crippen LogP contribution in [0.1, 0.15) is 16.1 Å². The van der Waals surface area contributed by atoms with Crippen molar-refractivity contribution in [2.24, 2.45) is 0 Å². The number of nitrogens with zero attached hydrogens (tertiary/aromatic N) is 1. The fraction of sp³-hybridized carbons (Fsp3) is 0.154. The van der Waals surface area contributed by atoms with Gasteiger partial charge >= 0.3 is 0 Å². The Morgan fingerprint density at radius 3 is 2.60 bits per heavy atom. The maximum atomic E-state index is 11.8. The van der Waals surface area contributed by atoms with Gasteiger partial charge in [-0.3, -0.25) is 14.7 Å². The van der Waals surface area contributed by atoms with Gasteiger partial charge in [0.2, 0.25) is 5.91 Å². The van der Waals surface area contributed by atoms with E-state index in [1.807, 2.05) is 6.92 Å². The first kappa shape index (κ1) is 14.1. The van der Waals surface area contributed by atoms with Gasteiger partial charge in [0.05, 0.1) is 6.54 Å². The second-order valence-electron chi connectivity index (χ2n) is 4.17. The third-order valence-corrected chi connectivity index (χ3v) is 2.74. The maximum Gasteiger partial charge on any atom is 0.251 e. The number of aromatic amines is 1. The highest BCUT2D eigenvalue weighted by molar-refractivity contribution is 6.30. The number of halogens is 1. The molecule has 0 bridgehead atoms. The number of anilines is 1. The Bertz CT molecular complexity index is 622. The van der Waals surface area contributed by atoms with Crippen molar-refractivity contribution < 1.29 is 9.59 Å². The van der Waals surface area contributed by atoms with Crippen LogP contribution in [-0.4, -0.2) is 28.6 Å². The molecule has 0 saturated carbocycles. The molecule has 0 aliphatic carbocycles. The molecule has 7 heteroatoms.